The number of rotatable bonds is 7. The van der Waals surface area contributed by atoms with Crippen LogP contribution >= 0.6 is 0 Å². The van der Waals surface area contributed by atoms with E-state index in [0.717, 1.165) is 25.1 Å². The first-order chi connectivity index (χ1) is 9.70. The molecule has 0 bridgehead atoms. The predicted octanol–water partition coefficient (Wildman–Crippen LogP) is 2.45. The minimum absolute atomic E-state index is 0.0711. The summed E-state index contributed by atoms with van der Waals surface area (Å²) >= 11 is 0. The maximum absolute atomic E-state index is 12.9. The van der Waals surface area contributed by atoms with Crippen molar-refractivity contribution in [3.63, 3.8) is 0 Å². The lowest BCUT2D eigenvalue weighted by atomic mass is 10.0. The molecular weight excluding hydrogens is 255 g/mol. The van der Waals surface area contributed by atoms with E-state index in [9.17, 15) is 9.50 Å². The van der Waals surface area contributed by atoms with Gasteiger partial charge in [0.05, 0.1) is 6.61 Å². The maximum atomic E-state index is 12.9. The molecule has 1 atom stereocenters. The quantitative estimate of drug-likeness (QED) is 0.806. The number of benzene rings is 1. The summed E-state index contributed by atoms with van der Waals surface area (Å²) in [5.74, 6) is -0.228. The summed E-state index contributed by atoms with van der Waals surface area (Å²) in [5, 5.41) is 9.20. The van der Waals surface area contributed by atoms with Gasteiger partial charge in [-0.05, 0) is 37.0 Å². The van der Waals surface area contributed by atoms with Gasteiger partial charge in [-0.2, -0.15) is 0 Å². The third kappa shape index (κ3) is 4.27. The zero-order valence-corrected chi connectivity index (χ0v) is 12.0. The number of aliphatic hydroxyl groups is 1. The second kappa shape index (κ2) is 7.72. The molecule has 0 aromatic heterocycles. The molecule has 1 saturated carbocycles. The molecule has 3 N–H and O–H groups in total. The Kier molecular flexibility index (Phi) is 5.95. The number of hydrogen-bond acceptors (Lipinski definition) is 3. The van der Waals surface area contributed by atoms with Gasteiger partial charge in [0.25, 0.3) is 0 Å². The van der Waals surface area contributed by atoms with Crippen LogP contribution in [0.2, 0.25) is 0 Å². The van der Waals surface area contributed by atoms with Crippen LogP contribution in [-0.2, 0) is 0 Å². The molecule has 1 aromatic carbocycles. The molecule has 1 aromatic rings. The number of nitrogens with zero attached hydrogens (tertiary/aromatic N) is 1. The average molecular weight is 280 g/mol. The molecule has 1 aliphatic carbocycles. The fraction of sp³-hybridized carbons (Fsp3) is 0.625. The topological polar surface area (TPSA) is 49.5 Å². The molecule has 1 unspecified atom stereocenters. The molecule has 1 aliphatic rings. The molecule has 1 fully saturated rings. The van der Waals surface area contributed by atoms with Gasteiger partial charge in [-0.3, -0.25) is 4.90 Å². The summed E-state index contributed by atoms with van der Waals surface area (Å²) in [6.07, 6.45) is 5.87. The van der Waals surface area contributed by atoms with Crippen LogP contribution in [0.3, 0.4) is 0 Å². The molecule has 2 rings (SSSR count). The summed E-state index contributed by atoms with van der Waals surface area (Å²) in [5.41, 5.74) is 7.15. The van der Waals surface area contributed by atoms with Gasteiger partial charge in [-0.25, -0.2) is 4.39 Å². The summed E-state index contributed by atoms with van der Waals surface area (Å²) in [6, 6.07) is 6.95. The molecule has 0 saturated heterocycles. The van der Waals surface area contributed by atoms with E-state index in [1.54, 1.807) is 12.1 Å². The summed E-state index contributed by atoms with van der Waals surface area (Å²) in [7, 11) is 0. The van der Waals surface area contributed by atoms with Gasteiger partial charge in [0.1, 0.15) is 5.82 Å². The fourth-order valence-corrected chi connectivity index (χ4v) is 3.06. The van der Waals surface area contributed by atoms with E-state index in [-0.39, 0.29) is 18.5 Å². The van der Waals surface area contributed by atoms with Crippen molar-refractivity contribution >= 4 is 0 Å². The first kappa shape index (κ1) is 15.4. The van der Waals surface area contributed by atoms with Crippen LogP contribution in [0.5, 0.6) is 0 Å². The Hall–Kier alpha value is -0.970. The van der Waals surface area contributed by atoms with Gasteiger partial charge in [-0.15, -0.1) is 0 Å². The summed E-state index contributed by atoms with van der Waals surface area (Å²) < 4.78 is 12.9. The normalized spacial score (nSPS) is 17.8. The molecule has 0 amide bonds. The minimum Gasteiger partial charge on any atom is -0.395 e. The molecule has 0 radical (unpaired) electrons. The van der Waals surface area contributed by atoms with Gasteiger partial charge < -0.3 is 10.8 Å². The van der Waals surface area contributed by atoms with Gasteiger partial charge in [-0.1, -0.05) is 25.0 Å². The van der Waals surface area contributed by atoms with Crippen LogP contribution in [0, 0.1) is 5.82 Å². The predicted molar refractivity (Wildman–Crippen MR) is 78.9 cm³/mol. The highest BCUT2D eigenvalue weighted by Gasteiger charge is 2.22. The number of nitrogens with two attached hydrogens (primary N) is 1. The SMILES string of the molecule is NC(CCN(CCO)C1CCCC1)c1ccc(F)cc1. The molecule has 0 heterocycles. The zero-order valence-electron chi connectivity index (χ0n) is 12.0. The van der Waals surface area contributed by atoms with Crippen molar-refractivity contribution in [2.75, 3.05) is 19.7 Å². The molecule has 0 aliphatic heterocycles. The van der Waals surface area contributed by atoms with E-state index in [2.05, 4.69) is 4.90 Å². The highest BCUT2D eigenvalue weighted by molar-refractivity contribution is 5.19. The van der Waals surface area contributed by atoms with Crippen molar-refractivity contribution in [1.82, 2.24) is 4.90 Å². The van der Waals surface area contributed by atoms with E-state index >= 15 is 0 Å². The van der Waals surface area contributed by atoms with Crippen LogP contribution < -0.4 is 5.73 Å². The van der Waals surface area contributed by atoms with Crippen molar-refractivity contribution in [3.8, 4) is 0 Å². The highest BCUT2D eigenvalue weighted by atomic mass is 19.1. The van der Waals surface area contributed by atoms with Crippen LogP contribution in [0.25, 0.3) is 0 Å². The van der Waals surface area contributed by atoms with Crippen molar-refractivity contribution in [2.45, 2.75) is 44.2 Å². The van der Waals surface area contributed by atoms with Gasteiger partial charge in [0, 0.05) is 25.2 Å². The Bertz CT molecular complexity index is 390. The first-order valence-corrected chi connectivity index (χ1v) is 7.56. The lowest BCUT2D eigenvalue weighted by Gasteiger charge is -2.29. The van der Waals surface area contributed by atoms with Crippen LogP contribution in [0.15, 0.2) is 24.3 Å². The van der Waals surface area contributed by atoms with Crippen LogP contribution in [0.1, 0.15) is 43.7 Å². The second-order valence-corrected chi connectivity index (χ2v) is 5.64. The standard InChI is InChI=1S/C16H25FN2O/c17-14-7-5-13(6-8-14)16(18)9-10-19(11-12-20)15-3-1-2-4-15/h5-8,15-16,20H,1-4,9-12,18H2. The largest absolute Gasteiger partial charge is 0.395 e. The average Bonchev–Trinajstić information content (AvgIpc) is 2.98. The Morgan fingerprint density at radius 2 is 1.85 bits per heavy atom. The second-order valence-electron chi connectivity index (χ2n) is 5.64. The maximum Gasteiger partial charge on any atom is 0.123 e. The van der Waals surface area contributed by atoms with Gasteiger partial charge >= 0.3 is 0 Å². The van der Waals surface area contributed by atoms with Gasteiger partial charge in [0.2, 0.25) is 0 Å². The van der Waals surface area contributed by atoms with Crippen molar-refractivity contribution in [3.05, 3.63) is 35.6 Å². The molecule has 3 nitrogen and oxygen atoms in total. The smallest absolute Gasteiger partial charge is 0.123 e. The molecule has 0 spiro atoms. The highest BCUT2D eigenvalue weighted by Crippen LogP contribution is 2.24. The zero-order chi connectivity index (χ0) is 14.4. The van der Waals surface area contributed by atoms with E-state index in [1.807, 2.05) is 0 Å². The van der Waals surface area contributed by atoms with Crippen molar-refractivity contribution in [2.24, 2.45) is 5.73 Å². The molecule has 112 valence electrons. The fourth-order valence-electron chi connectivity index (χ4n) is 3.06. The Balaban J connectivity index is 1.86. The third-order valence-electron chi connectivity index (χ3n) is 4.25. The first-order valence-electron chi connectivity index (χ1n) is 7.56. The molecule has 20 heavy (non-hydrogen) atoms. The number of hydrogen-bond donors (Lipinski definition) is 2. The third-order valence-corrected chi connectivity index (χ3v) is 4.25. The molecule has 4 heteroatoms. The molecular formula is C16H25FN2O. The lowest BCUT2D eigenvalue weighted by molar-refractivity contribution is 0.147. The van der Waals surface area contributed by atoms with Gasteiger partial charge in [0.15, 0.2) is 0 Å². The van der Waals surface area contributed by atoms with Crippen LogP contribution in [-0.4, -0.2) is 35.7 Å². The number of aliphatic hydroxyl groups excluding tert-OH is 1. The van der Waals surface area contributed by atoms with E-state index in [0.29, 0.717) is 6.04 Å². The van der Waals surface area contributed by atoms with E-state index in [4.69, 9.17) is 5.73 Å². The lowest BCUT2D eigenvalue weighted by Crippen LogP contribution is -2.37. The van der Waals surface area contributed by atoms with Crippen molar-refractivity contribution < 1.29 is 9.50 Å². The Morgan fingerprint density at radius 3 is 2.45 bits per heavy atom. The summed E-state index contributed by atoms with van der Waals surface area (Å²) in [6.45, 7) is 1.81. The van der Waals surface area contributed by atoms with E-state index in [1.165, 1.54) is 37.8 Å². The monoisotopic (exact) mass is 280 g/mol. The Labute approximate surface area is 120 Å². The summed E-state index contributed by atoms with van der Waals surface area (Å²) in [4.78, 5) is 2.36. The van der Waals surface area contributed by atoms with E-state index < -0.39 is 0 Å². The number of halogens is 1. The Morgan fingerprint density at radius 1 is 1.20 bits per heavy atom. The minimum atomic E-state index is -0.228. The van der Waals surface area contributed by atoms with Crippen LogP contribution in [0.4, 0.5) is 4.39 Å². The van der Waals surface area contributed by atoms with Crippen molar-refractivity contribution in [1.29, 1.82) is 0 Å².